The number of hydrogen-bond donors (Lipinski definition) is 3. The van der Waals surface area contributed by atoms with Crippen LogP contribution >= 0.6 is 0 Å². The van der Waals surface area contributed by atoms with Crippen LogP contribution < -0.4 is 0 Å². The van der Waals surface area contributed by atoms with Gasteiger partial charge in [0.25, 0.3) is 0 Å². The Morgan fingerprint density at radius 2 is 1.43 bits per heavy atom. The minimum absolute atomic E-state index is 0. The zero-order valence-corrected chi connectivity index (χ0v) is 4.58. The van der Waals surface area contributed by atoms with E-state index in [9.17, 15) is 0 Å². The fraction of sp³-hybridized carbons (Fsp3) is 1.00. The second kappa shape index (κ2) is 6.40. The summed E-state index contributed by atoms with van der Waals surface area (Å²) < 4.78 is 0. The first-order valence-corrected chi connectivity index (χ1v) is 1.71. The number of aliphatic hydroxyl groups excluding tert-OH is 3. The van der Waals surface area contributed by atoms with Gasteiger partial charge in [-0.1, -0.05) is 0 Å². The number of rotatable bonds is 2. The molecular weight excluding hydrogens is 148 g/mol. The molecule has 0 aromatic rings. The molecular formula is C3H8CuO3. The maximum Gasteiger partial charge on any atom is 0.100 e. The number of aliphatic hydroxyl groups is 3. The van der Waals surface area contributed by atoms with Gasteiger partial charge in [-0.15, -0.1) is 0 Å². The predicted molar refractivity (Wildman–Crippen MR) is 20.2 cm³/mol. The van der Waals surface area contributed by atoms with Gasteiger partial charge in [0.1, 0.15) is 6.10 Å². The summed E-state index contributed by atoms with van der Waals surface area (Å²) in [7, 11) is 0. The molecule has 49 valence electrons. The van der Waals surface area contributed by atoms with Crippen LogP contribution in [0.3, 0.4) is 0 Å². The second-order valence-electron chi connectivity index (χ2n) is 1.02. The normalized spacial score (nSPS) is 8.57. The van der Waals surface area contributed by atoms with E-state index in [0.717, 1.165) is 0 Å². The van der Waals surface area contributed by atoms with Gasteiger partial charge in [-0.3, -0.25) is 0 Å². The van der Waals surface area contributed by atoms with Crippen LogP contribution in [-0.4, -0.2) is 34.6 Å². The maximum atomic E-state index is 8.17. The van der Waals surface area contributed by atoms with Gasteiger partial charge in [0.05, 0.1) is 13.2 Å². The van der Waals surface area contributed by atoms with Gasteiger partial charge < -0.3 is 15.3 Å². The molecule has 4 heteroatoms. The Hall–Kier alpha value is 0.399. The molecule has 0 saturated heterocycles. The zero-order valence-electron chi connectivity index (χ0n) is 3.63. The molecule has 0 saturated carbocycles. The van der Waals surface area contributed by atoms with Gasteiger partial charge >= 0.3 is 0 Å². The van der Waals surface area contributed by atoms with Crippen LogP contribution in [0.5, 0.6) is 0 Å². The molecule has 0 aliphatic rings. The van der Waals surface area contributed by atoms with Crippen LogP contribution in [0.25, 0.3) is 0 Å². The van der Waals surface area contributed by atoms with E-state index >= 15 is 0 Å². The zero-order chi connectivity index (χ0) is 4.99. The summed E-state index contributed by atoms with van der Waals surface area (Å²) in [6.45, 7) is -0.729. The van der Waals surface area contributed by atoms with E-state index in [1.54, 1.807) is 0 Å². The van der Waals surface area contributed by atoms with Crippen molar-refractivity contribution >= 4 is 0 Å². The van der Waals surface area contributed by atoms with Crippen LogP contribution in [0.2, 0.25) is 0 Å². The van der Waals surface area contributed by atoms with E-state index in [1.165, 1.54) is 0 Å². The van der Waals surface area contributed by atoms with E-state index < -0.39 is 6.10 Å². The summed E-state index contributed by atoms with van der Waals surface area (Å²) in [5.74, 6) is 0. The maximum absolute atomic E-state index is 8.17. The molecule has 0 heterocycles. The molecule has 1 radical (unpaired) electrons. The minimum atomic E-state index is -0.954. The van der Waals surface area contributed by atoms with Crippen LogP contribution in [0.15, 0.2) is 0 Å². The van der Waals surface area contributed by atoms with E-state index in [0.29, 0.717) is 0 Å². The molecule has 3 nitrogen and oxygen atoms in total. The molecule has 0 aliphatic heterocycles. The summed E-state index contributed by atoms with van der Waals surface area (Å²) >= 11 is 0. The van der Waals surface area contributed by atoms with Crippen molar-refractivity contribution in [1.29, 1.82) is 0 Å². The van der Waals surface area contributed by atoms with Crippen LogP contribution in [-0.2, 0) is 17.1 Å². The average molecular weight is 156 g/mol. The largest absolute Gasteiger partial charge is 0.394 e. The second-order valence-corrected chi connectivity index (χ2v) is 1.02. The van der Waals surface area contributed by atoms with Gasteiger partial charge in [0, 0.05) is 17.1 Å². The fourth-order valence-electron chi connectivity index (χ4n) is 0.0577. The van der Waals surface area contributed by atoms with Crippen molar-refractivity contribution in [2.45, 2.75) is 6.10 Å². The van der Waals surface area contributed by atoms with Crippen molar-refractivity contribution < 1.29 is 32.4 Å². The molecule has 7 heavy (non-hydrogen) atoms. The summed E-state index contributed by atoms with van der Waals surface area (Å²) in [5.41, 5.74) is 0. The summed E-state index contributed by atoms with van der Waals surface area (Å²) in [6, 6.07) is 0. The Labute approximate surface area is 52.4 Å². The van der Waals surface area contributed by atoms with Gasteiger partial charge in [-0.05, 0) is 0 Å². The summed E-state index contributed by atoms with van der Waals surface area (Å²) in [4.78, 5) is 0. The van der Waals surface area contributed by atoms with Gasteiger partial charge in [-0.25, -0.2) is 0 Å². The molecule has 0 aromatic heterocycles. The molecule has 0 unspecified atom stereocenters. The Morgan fingerprint density at radius 3 is 1.43 bits per heavy atom. The van der Waals surface area contributed by atoms with Crippen molar-refractivity contribution in [2.24, 2.45) is 0 Å². The van der Waals surface area contributed by atoms with E-state index in [4.69, 9.17) is 15.3 Å². The standard InChI is InChI=1S/C3H8O3.Cu/c4-1-3(6)2-5;/h3-6H,1-2H2;. The van der Waals surface area contributed by atoms with Gasteiger partial charge in [0.15, 0.2) is 0 Å². The van der Waals surface area contributed by atoms with Crippen molar-refractivity contribution in [2.75, 3.05) is 13.2 Å². The first-order valence-electron chi connectivity index (χ1n) is 1.71. The van der Waals surface area contributed by atoms with E-state index in [2.05, 4.69) is 0 Å². The van der Waals surface area contributed by atoms with Crippen molar-refractivity contribution in [3.63, 3.8) is 0 Å². The Morgan fingerprint density at radius 1 is 1.14 bits per heavy atom. The molecule has 0 atom stereocenters. The molecule has 0 bridgehead atoms. The fourth-order valence-corrected chi connectivity index (χ4v) is 0.0577. The van der Waals surface area contributed by atoms with E-state index in [1.807, 2.05) is 0 Å². The summed E-state index contributed by atoms with van der Waals surface area (Å²) in [6.07, 6.45) is -0.954. The average Bonchev–Trinajstić information content (AvgIpc) is 1.65. The first-order chi connectivity index (χ1) is 2.81. The Kier molecular flexibility index (Phi) is 9.50. The molecule has 0 rings (SSSR count). The van der Waals surface area contributed by atoms with Crippen molar-refractivity contribution in [3.05, 3.63) is 0 Å². The van der Waals surface area contributed by atoms with Crippen LogP contribution in [0.1, 0.15) is 0 Å². The van der Waals surface area contributed by atoms with E-state index in [-0.39, 0.29) is 30.3 Å². The molecule has 3 N–H and O–H groups in total. The Bertz CT molecular complexity index is 29.4. The van der Waals surface area contributed by atoms with Crippen molar-refractivity contribution in [1.82, 2.24) is 0 Å². The number of hydrogen-bond acceptors (Lipinski definition) is 3. The quantitative estimate of drug-likeness (QED) is 0.418. The third-order valence-corrected chi connectivity index (χ3v) is 0.421. The van der Waals surface area contributed by atoms with Gasteiger partial charge in [-0.2, -0.15) is 0 Å². The molecule has 0 aromatic carbocycles. The summed E-state index contributed by atoms with van der Waals surface area (Å²) in [5, 5.41) is 24.0. The molecule has 0 amide bonds. The molecule has 0 aliphatic carbocycles. The smallest absolute Gasteiger partial charge is 0.100 e. The monoisotopic (exact) mass is 155 g/mol. The molecule has 0 spiro atoms. The Balaban J connectivity index is 0. The van der Waals surface area contributed by atoms with Crippen LogP contribution in [0, 0.1) is 0 Å². The predicted octanol–water partition coefficient (Wildman–Crippen LogP) is -1.67. The van der Waals surface area contributed by atoms with Gasteiger partial charge in [0.2, 0.25) is 0 Å². The molecule has 0 fully saturated rings. The SMILES string of the molecule is OCC(O)CO.[Cu]. The van der Waals surface area contributed by atoms with Crippen LogP contribution in [0.4, 0.5) is 0 Å². The van der Waals surface area contributed by atoms with Crippen molar-refractivity contribution in [3.8, 4) is 0 Å². The first kappa shape index (κ1) is 10.4. The topological polar surface area (TPSA) is 60.7 Å². The minimum Gasteiger partial charge on any atom is -0.394 e. The third-order valence-electron chi connectivity index (χ3n) is 0.421. The third kappa shape index (κ3) is 6.40.